The Bertz CT molecular complexity index is 405. The van der Waals surface area contributed by atoms with E-state index in [4.69, 9.17) is 0 Å². The van der Waals surface area contributed by atoms with Gasteiger partial charge in [0.25, 0.3) is 0 Å². The molecule has 1 heteroatoms. The van der Waals surface area contributed by atoms with Crippen molar-refractivity contribution in [2.75, 3.05) is 0 Å². The standard InChI is InChI=1S/C15H17.Hf/c1-15(2,3)14-10-9-13(11-14)12-7-5-4-6-8-12;/h4-8,11H,10H2,1-3H3;/q-1;. The van der Waals surface area contributed by atoms with Gasteiger partial charge in [-0.3, -0.25) is 0 Å². The summed E-state index contributed by atoms with van der Waals surface area (Å²) in [5.41, 5.74) is 4.27. The Balaban J connectivity index is 0.00000128. The maximum Gasteiger partial charge on any atom is 0 e. The molecular formula is C15H17Hf-. The van der Waals surface area contributed by atoms with E-state index in [2.05, 4.69) is 57.2 Å². The van der Waals surface area contributed by atoms with Gasteiger partial charge in [-0.25, -0.2) is 0 Å². The third kappa shape index (κ3) is 3.04. The van der Waals surface area contributed by atoms with Crippen molar-refractivity contribution < 1.29 is 25.8 Å². The normalized spacial score (nSPS) is 15.2. The Kier molecular flexibility index (Phi) is 4.49. The summed E-state index contributed by atoms with van der Waals surface area (Å²) < 4.78 is 0. The van der Waals surface area contributed by atoms with Crippen molar-refractivity contribution in [3.8, 4) is 0 Å². The van der Waals surface area contributed by atoms with E-state index in [1.165, 1.54) is 16.7 Å². The molecule has 1 aliphatic rings. The fourth-order valence-corrected chi connectivity index (χ4v) is 1.75. The largest absolute Gasteiger partial charge is 0.197 e. The Hall–Kier alpha value is -0.430. The molecule has 0 spiro atoms. The van der Waals surface area contributed by atoms with E-state index in [-0.39, 0.29) is 31.3 Å². The number of rotatable bonds is 1. The molecule has 82 valence electrons. The maximum atomic E-state index is 3.45. The molecule has 1 aromatic rings. The SMILES string of the molecule is CC(C)(C)C1=CC(c2ccccc2)=[C-]C1.[Hf]. The van der Waals surface area contributed by atoms with E-state index in [0.29, 0.717) is 0 Å². The van der Waals surface area contributed by atoms with Gasteiger partial charge in [-0.15, -0.1) is 23.3 Å². The smallest absolute Gasteiger partial charge is 0 e. The van der Waals surface area contributed by atoms with Crippen molar-refractivity contribution in [1.29, 1.82) is 0 Å². The van der Waals surface area contributed by atoms with Gasteiger partial charge in [0, 0.05) is 25.8 Å². The summed E-state index contributed by atoms with van der Waals surface area (Å²) in [6.07, 6.45) is 6.72. The molecule has 1 aromatic carbocycles. The molecule has 0 N–H and O–H groups in total. The summed E-state index contributed by atoms with van der Waals surface area (Å²) in [6, 6.07) is 10.5. The van der Waals surface area contributed by atoms with Crippen molar-refractivity contribution >= 4 is 5.57 Å². The van der Waals surface area contributed by atoms with Crippen LogP contribution >= 0.6 is 0 Å². The predicted octanol–water partition coefficient (Wildman–Crippen LogP) is 4.25. The minimum Gasteiger partial charge on any atom is -0.197 e. The van der Waals surface area contributed by atoms with E-state index < -0.39 is 0 Å². The molecule has 0 bridgehead atoms. The molecule has 2 rings (SSSR count). The van der Waals surface area contributed by atoms with Gasteiger partial charge in [0.05, 0.1) is 0 Å². The molecule has 0 heterocycles. The van der Waals surface area contributed by atoms with Crippen LogP contribution in [0.25, 0.3) is 5.57 Å². The van der Waals surface area contributed by atoms with Crippen LogP contribution in [0.5, 0.6) is 0 Å². The van der Waals surface area contributed by atoms with Gasteiger partial charge in [-0.2, -0.15) is 17.7 Å². The zero-order valence-electron chi connectivity index (χ0n) is 10.2. The molecule has 16 heavy (non-hydrogen) atoms. The molecule has 0 amide bonds. The van der Waals surface area contributed by atoms with Crippen LogP contribution in [0.15, 0.2) is 42.0 Å². The molecule has 0 saturated carbocycles. The van der Waals surface area contributed by atoms with E-state index >= 15 is 0 Å². The van der Waals surface area contributed by atoms with E-state index in [1.54, 1.807) is 0 Å². The monoisotopic (exact) mass is 377 g/mol. The molecule has 0 saturated heterocycles. The first kappa shape index (κ1) is 13.6. The van der Waals surface area contributed by atoms with Crippen LogP contribution in [0, 0.1) is 11.5 Å². The van der Waals surface area contributed by atoms with Gasteiger partial charge in [-0.05, 0) is 5.41 Å². The van der Waals surface area contributed by atoms with Crippen LogP contribution in [-0.4, -0.2) is 0 Å². The van der Waals surface area contributed by atoms with E-state index in [1.807, 2.05) is 6.07 Å². The van der Waals surface area contributed by atoms with Gasteiger partial charge in [0.2, 0.25) is 0 Å². The average molecular weight is 376 g/mol. The summed E-state index contributed by atoms with van der Waals surface area (Å²) in [7, 11) is 0. The number of allylic oxidation sites excluding steroid dienone is 4. The van der Waals surface area contributed by atoms with Gasteiger partial charge >= 0.3 is 0 Å². The first-order chi connectivity index (χ1) is 7.07. The average Bonchev–Trinajstić information content (AvgIpc) is 2.67. The second-order valence-electron chi connectivity index (χ2n) is 5.05. The molecule has 0 atom stereocenters. The van der Waals surface area contributed by atoms with Gasteiger partial charge in [0.15, 0.2) is 0 Å². The molecule has 1 aliphatic carbocycles. The Labute approximate surface area is 117 Å². The summed E-state index contributed by atoms with van der Waals surface area (Å²) in [5.74, 6) is 0. The van der Waals surface area contributed by atoms with Crippen LogP contribution in [0.1, 0.15) is 32.8 Å². The molecule has 0 aromatic heterocycles. The third-order valence-corrected chi connectivity index (χ3v) is 2.84. The van der Waals surface area contributed by atoms with Crippen LogP contribution in [0.4, 0.5) is 0 Å². The summed E-state index contributed by atoms with van der Waals surface area (Å²) in [6.45, 7) is 6.78. The Morgan fingerprint density at radius 1 is 1.06 bits per heavy atom. The van der Waals surface area contributed by atoms with Crippen molar-refractivity contribution in [3.63, 3.8) is 0 Å². The van der Waals surface area contributed by atoms with E-state index in [0.717, 1.165) is 6.42 Å². The van der Waals surface area contributed by atoms with Crippen molar-refractivity contribution in [1.82, 2.24) is 0 Å². The maximum absolute atomic E-state index is 3.45. The van der Waals surface area contributed by atoms with Crippen LogP contribution in [-0.2, 0) is 25.8 Å². The minimum atomic E-state index is 0. The van der Waals surface area contributed by atoms with Crippen molar-refractivity contribution in [3.05, 3.63) is 53.6 Å². The number of benzene rings is 1. The van der Waals surface area contributed by atoms with Crippen molar-refractivity contribution in [2.45, 2.75) is 27.2 Å². The molecule has 0 fully saturated rings. The fourth-order valence-electron chi connectivity index (χ4n) is 1.75. The quantitative estimate of drug-likeness (QED) is 0.508. The zero-order chi connectivity index (χ0) is 10.9. The summed E-state index contributed by atoms with van der Waals surface area (Å²) in [4.78, 5) is 0. The molecular weight excluding hydrogens is 359 g/mol. The summed E-state index contributed by atoms with van der Waals surface area (Å²) >= 11 is 0. The molecule has 0 radical (unpaired) electrons. The topological polar surface area (TPSA) is 0 Å². The summed E-state index contributed by atoms with van der Waals surface area (Å²) in [5, 5.41) is 0. The fraction of sp³-hybridized carbons (Fsp3) is 0.333. The third-order valence-electron chi connectivity index (χ3n) is 2.84. The minimum absolute atomic E-state index is 0. The predicted molar refractivity (Wildman–Crippen MR) is 65.2 cm³/mol. The zero-order valence-corrected chi connectivity index (χ0v) is 13.8. The number of hydrogen-bond donors (Lipinski definition) is 0. The van der Waals surface area contributed by atoms with Crippen LogP contribution in [0.2, 0.25) is 0 Å². The van der Waals surface area contributed by atoms with Crippen molar-refractivity contribution in [2.24, 2.45) is 5.41 Å². The second kappa shape index (κ2) is 5.27. The Morgan fingerprint density at radius 3 is 2.19 bits per heavy atom. The van der Waals surface area contributed by atoms with Gasteiger partial charge < -0.3 is 0 Å². The molecule has 0 aliphatic heterocycles. The number of hydrogen-bond acceptors (Lipinski definition) is 0. The van der Waals surface area contributed by atoms with Gasteiger partial charge in [-0.1, -0.05) is 45.4 Å². The first-order valence-corrected chi connectivity index (χ1v) is 5.45. The van der Waals surface area contributed by atoms with Gasteiger partial charge in [0.1, 0.15) is 0 Å². The van der Waals surface area contributed by atoms with Crippen LogP contribution < -0.4 is 0 Å². The molecule has 0 unspecified atom stereocenters. The van der Waals surface area contributed by atoms with E-state index in [9.17, 15) is 0 Å². The molecule has 0 nitrogen and oxygen atoms in total. The second-order valence-corrected chi connectivity index (χ2v) is 5.05. The van der Waals surface area contributed by atoms with Crippen LogP contribution in [0.3, 0.4) is 0 Å². The Morgan fingerprint density at radius 2 is 1.69 bits per heavy atom. The first-order valence-electron chi connectivity index (χ1n) is 5.45.